The number of ether oxygens (including phenoxy) is 4. The van der Waals surface area contributed by atoms with Crippen molar-refractivity contribution in [3.8, 4) is 11.5 Å². The van der Waals surface area contributed by atoms with Gasteiger partial charge in [-0.15, -0.1) is 0 Å². The van der Waals surface area contributed by atoms with Crippen molar-refractivity contribution in [2.75, 3.05) is 6.61 Å². The standard InChI is InChI=1S/C30H34N2O19/c33-8-17-18(35)20(37)24(51-29-22(39)19(36)21(38)23(50-29)28(46)47)30(49-17)48-16-6-10-5-14(27(44)45)32(13(10)7-15(16)34)2-1-9-3-11(25(40)41)31-12(4-9)26(42)43/h1-3,6-7,12,14,17-24,29-30,33,35-39H,4-5,8H2,(H5,34,40,41,42,43,44,45,46,47)/t12-,14-,17+,18+,19-,20-,21-,22+,23-,24+,29-,30+/m0/s1. The Labute approximate surface area is 285 Å². The molecule has 1 aromatic carbocycles. The lowest BCUT2D eigenvalue weighted by atomic mass is 9.97. The average molecular weight is 727 g/mol. The summed E-state index contributed by atoms with van der Waals surface area (Å²) >= 11 is 0. The van der Waals surface area contributed by atoms with Gasteiger partial charge in [0.15, 0.2) is 36.2 Å². The Hall–Kier alpha value is -4.71. The van der Waals surface area contributed by atoms with Crippen LogP contribution in [0.2, 0.25) is 0 Å². The maximum Gasteiger partial charge on any atom is 0.351 e. The van der Waals surface area contributed by atoms with Crippen LogP contribution in [0.1, 0.15) is 12.0 Å². The number of phenolic OH excluding ortho intramolecular Hbond substituents is 1. The Kier molecular flexibility index (Phi) is 10.9. The number of aliphatic hydroxyl groups is 6. The zero-order valence-corrected chi connectivity index (χ0v) is 26.0. The highest BCUT2D eigenvalue weighted by atomic mass is 16.8. The lowest BCUT2D eigenvalue weighted by Gasteiger charge is -2.45. The Morgan fingerprint density at radius 3 is 2.24 bits per heavy atom. The number of benzene rings is 1. The van der Waals surface area contributed by atoms with Gasteiger partial charge in [0.1, 0.15) is 54.3 Å². The fraction of sp³-hybridized carbons (Fsp3) is 0.500. The Morgan fingerprint density at radius 1 is 0.922 bits per heavy atom. The molecule has 2 fully saturated rings. The van der Waals surface area contributed by atoms with Crippen molar-refractivity contribution >= 4 is 35.8 Å². The number of fused-ring (bicyclic) bond motifs is 1. The number of hydrogen-bond acceptors (Lipinski definition) is 17. The van der Waals surface area contributed by atoms with Gasteiger partial charge in [-0.25, -0.2) is 14.4 Å². The van der Waals surface area contributed by atoms with Crippen LogP contribution in [0.25, 0.3) is 0 Å². The zero-order valence-electron chi connectivity index (χ0n) is 26.0. The maximum absolute atomic E-state index is 12.1. The average Bonchev–Trinajstić information content (AvgIpc) is 3.43. The number of carboxylic acids is 4. The highest BCUT2D eigenvalue weighted by Crippen LogP contribution is 2.41. The molecule has 0 aliphatic carbocycles. The van der Waals surface area contributed by atoms with Crippen LogP contribution < -0.4 is 15.2 Å². The lowest BCUT2D eigenvalue weighted by Crippen LogP contribution is -2.65. The molecule has 12 atom stereocenters. The molecule has 0 amide bonds. The van der Waals surface area contributed by atoms with Crippen molar-refractivity contribution in [3.63, 3.8) is 0 Å². The highest BCUT2D eigenvalue weighted by Gasteiger charge is 2.53. The van der Waals surface area contributed by atoms with E-state index in [9.17, 15) is 75.3 Å². The van der Waals surface area contributed by atoms with Crippen LogP contribution in [0.5, 0.6) is 11.5 Å². The zero-order chi connectivity index (χ0) is 37.5. The van der Waals surface area contributed by atoms with Crippen molar-refractivity contribution in [2.45, 2.75) is 86.3 Å². The van der Waals surface area contributed by atoms with Crippen LogP contribution in [0.3, 0.4) is 0 Å². The highest BCUT2D eigenvalue weighted by molar-refractivity contribution is 5.89. The molecule has 1 aromatic rings. The van der Waals surface area contributed by atoms with Gasteiger partial charge in [-0.1, -0.05) is 0 Å². The maximum atomic E-state index is 12.1. The Bertz CT molecular complexity index is 1660. The first-order chi connectivity index (χ1) is 24.0. The van der Waals surface area contributed by atoms with Crippen LogP contribution in [0, 0.1) is 0 Å². The van der Waals surface area contributed by atoms with E-state index in [-0.39, 0.29) is 29.7 Å². The molecule has 51 heavy (non-hydrogen) atoms. The Morgan fingerprint density at radius 2 is 1.63 bits per heavy atom. The topological polar surface area (TPSA) is 346 Å². The molecule has 4 heterocycles. The van der Waals surface area contributed by atoms with Crippen molar-refractivity contribution < 1.29 is 98.9 Å². The second-order valence-electron chi connectivity index (χ2n) is 12.0. The third-order valence-corrected chi connectivity index (χ3v) is 8.71. The summed E-state index contributed by atoms with van der Waals surface area (Å²) in [6.07, 6.45) is -16.2. The third kappa shape index (κ3) is 7.51. The first-order valence-corrected chi connectivity index (χ1v) is 15.2. The van der Waals surface area contributed by atoms with Crippen LogP contribution in [0.15, 0.2) is 35.6 Å². The van der Waals surface area contributed by atoms with E-state index in [0.29, 0.717) is 0 Å². The number of carboxylic acid groups (broad SMARTS) is 4. The molecule has 0 aromatic heterocycles. The number of allylic oxidation sites excluding steroid dienone is 2. The number of phenols is 1. The summed E-state index contributed by atoms with van der Waals surface area (Å²) in [5.74, 6) is -7.10. The molecule has 4 aliphatic heterocycles. The van der Waals surface area contributed by atoms with E-state index < -0.39 is 121 Å². The van der Waals surface area contributed by atoms with E-state index in [1.54, 1.807) is 0 Å². The minimum Gasteiger partial charge on any atom is -0.543 e. The van der Waals surface area contributed by atoms with E-state index in [4.69, 9.17) is 18.9 Å². The summed E-state index contributed by atoms with van der Waals surface area (Å²) < 4.78 is 23.1. The summed E-state index contributed by atoms with van der Waals surface area (Å²) in [7, 11) is 0. The molecular formula is C30H34N2O19. The van der Waals surface area contributed by atoms with Gasteiger partial charge in [0.25, 0.3) is 0 Å². The number of aliphatic hydroxyl groups excluding tert-OH is 6. The number of aromatic hydroxyl groups is 1. The fourth-order valence-electron chi connectivity index (χ4n) is 6.02. The number of nitrogens with one attached hydrogen (secondary N) is 1. The number of hydrogen-bond donors (Lipinski definition) is 11. The summed E-state index contributed by atoms with van der Waals surface area (Å²) in [6, 6.07) is -0.387. The SMILES string of the molecule is O=C(O)C1=C/C(=C/C=[N+]2\c3cc(O)c(O[C@@H]4O[C@H](CO)[C@@H](O)[C@H](O)[C@H]4O[C@@H]4O[C@H](C(=O)O)[C@@H](O)[C@H](O)[C@H]4O)cc3C[C@H]2C(=O)[O-])C[C@@H](C(=O)O)N1. The minimum atomic E-state index is -2.10. The molecule has 4 aliphatic rings. The molecule has 0 spiro atoms. The van der Waals surface area contributed by atoms with Crippen LogP contribution in [-0.4, -0.2) is 166 Å². The summed E-state index contributed by atoms with van der Waals surface area (Å²) in [4.78, 5) is 46.7. The molecule has 0 bridgehead atoms. The second kappa shape index (κ2) is 14.9. The monoisotopic (exact) mass is 726 g/mol. The van der Waals surface area contributed by atoms with Crippen LogP contribution >= 0.6 is 0 Å². The van der Waals surface area contributed by atoms with Gasteiger partial charge < -0.3 is 85.2 Å². The van der Waals surface area contributed by atoms with Crippen molar-refractivity contribution in [3.05, 3.63) is 41.1 Å². The normalized spacial score (nSPS) is 36.5. The molecule has 5 rings (SSSR count). The van der Waals surface area contributed by atoms with E-state index in [2.05, 4.69) is 5.32 Å². The van der Waals surface area contributed by atoms with E-state index in [1.165, 1.54) is 29.0 Å². The van der Waals surface area contributed by atoms with E-state index in [0.717, 1.165) is 6.07 Å². The quantitative estimate of drug-likeness (QED) is 0.100. The molecule has 2 saturated heterocycles. The van der Waals surface area contributed by atoms with Gasteiger partial charge in [-0.3, -0.25) is 0 Å². The molecule has 21 nitrogen and oxygen atoms in total. The number of rotatable bonds is 10. The van der Waals surface area contributed by atoms with Gasteiger partial charge in [0.05, 0.1) is 12.7 Å². The van der Waals surface area contributed by atoms with E-state index in [1.807, 2.05) is 0 Å². The van der Waals surface area contributed by atoms with E-state index >= 15 is 0 Å². The molecule has 0 saturated carbocycles. The van der Waals surface area contributed by atoms with Gasteiger partial charge in [-0.2, -0.15) is 4.58 Å². The summed E-state index contributed by atoms with van der Waals surface area (Å²) in [5.41, 5.74) is 0.169. The van der Waals surface area contributed by atoms with Gasteiger partial charge >= 0.3 is 17.9 Å². The fourth-order valence-corrected chi connectivity index (χ4v) is 6.02. The summed E-state index contributed by atoms with van der Waals surface area (Å²) in [6.45, 7) is -0.866. The third-order valence-electron chi connectivity index (χ3n) is 8.71. The van der Waals surface area contributed by atoms with Gasteiger partial charge in [0, 0.05) is 24.5 Å². The smallest absolute Gasteiger partial charge is 0.351 e. The molecular weight excluding hydrogens is 692 g/mol. The molecule has 278 valence electrons. The largest absolute Gasteiger partial charge is 0.543 e. The molecule has 0 radical (unpaired) electrons. The predicted octanol–water partition coefficient (Wildman–Crippen LogP) is -5.78. The number of carbonyl (C=O) groups is 4. The van der Waals surface area contributed by atoms with Gasteiger partial charge in [0.2, 0.25) is 18.0 Å². The second-order valence-corrected chi connectivity index (χ2v) is 12.0. The van der Waals surface area contributed by atoms with Crippen molar-refractivity contribution in [1.29, 1.82) is 0 Å². The Balaban J connectivity index is 1.46. The number of nitrogens with zero attached hydrogens (tertiary/aromatic N) is 1. The number of carbonyl (C=O) groups excluding carboxylic acids is 1. The summed E-state index contributed by atoms with van der Waals surface area (Å²) in [5, 5.41) is 115. The number of aliphatic carboxylic acids is 4. The van der Waals surface area contributed by atoms with Gasteiger partial charge in [-0.05, 0) is 17.7 Å². The predicted molar refractivity (Wildman–Crippen MR) is 157 cm³/mol. The molecule has 0 unspecified atom stereocenters. The van der Waals surface area contributed by atoms with Crippen molar-refractivity contribution in [2.24, 2.45) is 0 Å². The lowest BCUT2D eigenvalue weighted by molar-refractivity contribution is -0.475. The minimum absolute atomic E-state index is 0.115. The van der Waals surface area contributed by atoms with Crippen molar-refractivity contribution in [1.82, 2.24) is 5.32 Å². The first-order valence-electron chi connectivity index (χ1n) is 15.2. The molecule has 11 N–H and O–H groups in total. The van der Waals surface area contributed by atoms with Crippen LogP contribution in [0.4, 0.5) is 5.69 Å². The molecule has 21 heteroatoms. The van der Waals surface area contributed by atoms with Crippen LogP contribution in [-0.2, 0) is 39.8 Å². The first kappa shape index (κ1) is 37.5.